The van der Waals surface area contributed by atoms with Crippen LogP contribution in [0.3, 0.4) is 0 Å². The van der Waals surface area contributed by atoms with Crippen molar-refractivity contribution in [2.75, 3.05) is 0 Å². The predicted octanol–water partition coefficient (Wildman–Crippen LogP) is 6.03. The van der Waals surface area contributed by atoms with Gasteiger partial charge in [-0.05, 0) is 70.5 Å². The number of benzene rings is 3. The second kappa shape index (κ2) is 7.43. The number of ether oxygens (including phenoxy) is 2. The highest BCUT2D eigenvalue weighted by atomic mass is 35.5. The lowest BCUT2D eigenvalue weighted by Gasteiger charge is -2.24. The lowest BCUT2D eigenvalue weighted by atomic mass is 10.2. The average Bonchev–Trinajstić information content (AvgIpc) is 2.99. The maximum atomic E-state index is 15.2. The third kappa shape index (κ3) is 3.79. The molecule has 0 atom stereocenters. The molecule has 3 nitrogen and oxygen atoms in total. The molecule has 1 heterocycles. The van der Waals surface area contributed by atoms with Crippen LogP contribution >= 0.6 is 18.7 Å². The average molecular weight is 455 g/mol. The molecule has 0 saturated carbocycles. The minimum Gasteiger partial charge on any atom is -0.449 e. The summed E-state index contributed by atoms with van der Waals surface area (Å²) in [6.07, 6.45) is 0. The van der Waals surface area contributed by atoms with Crippen molar-refractivity contribution in [2.24, 2.45) is 0 Å². The molecule has 3 aromatic rings. The fraction of sp³-hybridized carbons (Fsp3) is 0.308. The Bertz CT molecular complexity index is 1160. The van der Waals surface area contributed by atoms with Gasteiger partial charge >= 0.3 is 0 Å². The first-order valence-electron chi connectivity index (χ1n) is 10.4. The molecule has 0 amide bonds. The molecule has 162 valence electrons. The van der Waals surface area contributed by atoms with Gasteiger partial charge in [-0.1, -0.05) is 46.0 Å². The Morgan fingerprint density at radius 3 is 1.58 bits per heavy atom. The first-order valence-corrected chi connectivity index (χ1v) is 12.5. The molecule has 0 aromatic heterocycles. The molecule has 0 unspecified atom stereocenters. The molecular weight excluding hydrogens is 427 g/mol. The zero-order valence-corrected chi connectivity index (χ0v) is 20.7. The molecule has 3 aromatic carbocycles. The fourth-order valence-corrected chi connectivity index (χ4v) is 8.07. The van der Waals surface area contributed by atoms with E-state index in [4.69, 9.17) is 21.1 Å². The summed E-state index contributed by atoms with van der Waals surface area (Å²) >= 11 is 6.92. The van der Waals surface area contributed by atoms with E-state index in [0.29, 0.717) is 21.8 Å². The van der Waals surface area contributed by atoms with Crippen molar-refractivity contribution in [1.82, 2.24) is 0 Å². The maximum absolute atomic E-state index is 15.2. The normalized spacial score (nSPS) is 14.7. The molecule has 4 rings (SSSR count). The number of hydrogen-bond acceptors (Lipinski definition) is 3. The van der Waals surface area contributed by atoms with Crippen LogP contribution in [0, 0.1) is 34.6 Å². The third-order valence-electron chi connectivity index (χ3n) is 5.52. The zero-order valence-electron chi connectivity index (χ0n) is 19.1. The van der Waals surface area contributed by atoms with Gasteiger partial charge in [-0.2, -0.15) is 0 Å². The van der Waals surface area contributed by atoms with Crippen LogP contribution < -0.4 is 25.4 Å². The van der Waals surface area contributed by atoms with Gasteiger partial charge in [0.25, 0.3) is 0 Å². The van der Waals surface area contributed by atoms with Gasteiger partial charge in [0.2, 0.25) is 5.79 Å². The molecule has 0 spiro atoms. The summed E-state index contributed by atoms with van der Waals surface area (Å²) in [6.45, 7) is 13.7. The van der Waals surface area contributed by atoms with Crippen molar-refractivity contribution >= 4 is 34.7 Å². The van der Waals surface area contributed by atoms with E-state index in [1.165, 1.54) is 0 Å². The standard InChI is InChI=1S/C26H28ClO3P/c1-15-8-16(2)11-20(10-15)31(28,21-12-17(3)9-18(4)13-21)22-14-19(5)24-25(23(22)27)30-26(6,7)29-24/h8-14H,1-7H3. The van der Waals surface area contributed by atoms with Crippen LogP contribution in [-0.4, -0.2) is 5.79 Å². The molecule has 1 aliphatic heterocycles. The van der Waals surface area contributed by atoms with Gasteiger partial charge in [-0.3, -0.25) is 0 Å². The van der Waals surface area contributed by atoms with Gasteiger partial charge in [0, 0.05) is 29.8 Å². The van der Waals surface area contributed by atoms with Gasteiger partial charge in [-0.15, -0.1) is 0 Å². The van der Waals surface area contributed by atoms with E-state index in [-0.39, 0.29) is 0 Å². The van der Waals surface area contributed by atoms with Crippen molar-refractivity contribution in [2.45, 2.75) is 54.3 Å². The van der Waals surface area contributed by atoms with Crippen molar-refractivity contribution in [3.05, 3.63) is 75.3 Å². The van der Waals surface area contributed by atoms with Crippen LogP contribution in [-0.2, 0) is 4.57 Å². The van der Waals surface area contributed by atoms with Crippen molar-refractivity contribution < 1.29 is 14.0 Å². The Labute approximate surface area is 189 Å². The quantitative estimate of drug-likeness (QED) is 0.453. The van der Waals surface area contributed by atoms with Gasteiger partial charge < -0.3 is 14.0 Å². The Morgan fingerprint density at radius 2 is 1.13 bits per heavy atom. The summed E-state index contributed by atoms with van der Waals surface area (Å²) in [6, 6.07) is 14.1. The van der Waals surface area contributed by atoms with E-state index in [2.05, 4.69) is 12.1 Å². The summed E-state index contributed by atoms with van der Waals surface area (Å²) in [5, 5.41) is 2.48. The number of halogens is 1. The molecular formula is C26H28ClO3P. The van der Waals surface area contributed by atoms with Crippen molar-refractivity contribution in [3.8, 4) is 11.5 Å². The predicted molar refractivity (Wildman–Crippen MR) is 130 cm³/mol. The molecule has 0 saturated heterocycles. The van der Waals surface area contributed by atoms with Crippen LogP contribution in [0.15, 0.2) is 42.5 Å². The number of fused-ring (bicyclic) bond motifs is 1. The first kappa shape index (κ1) is 22.0. The van der Waals surface area contributed by atoms with Crippen LogP contribution in [0.4, 0.5) is 0 Å². The summed E-state index contributed by atoms with van der Waals surface area (Å²) in [7, 11) is -3.29. The molecule has 0 bridgehead atoms. The molecule has 0 aliphatic carbocycles. The van der Waals surface area contributed by atoms with Gasteiger partial charge in [-0.25, -0.2) is 0 Å². The largest absolute Gasteiger partial charge is 0.449 e. The highest BCUT2D eigenvalue weighted by Gasteiger charge is 2.40. The van der Waals surface area contributed by atoms with Crippen LogP contribution in [0.2, 0.25) is 5.02 Å². The second-order valence-electron chi connectivity index (χ2n) is 9.09. The minimum atomic E-state index is -3.29. The molecule has 1 aliphatic rings. The van der Waals surface area contributed by atoms with Crippen molar-refractivity contribution in [3.63, 3.8) is 0 Å². The monoisotopic (exact) mass is 454 g/mol. The molecule has 0 radical (unpaired) electrons. The molecule has 0 fully saturated rings. The van der Waals surface area contributed by atoms with Gasteiger partial charge in [0.1, 0.15) is 0 Å². The van der Waals surface area contributed by atoms with E-state index in [1.54, 1.807) is 0 Å². The van der Waals surface area contributed by atoms with Crippen LogP contribution in [0.25, 0.3) is 0 Å². The third-order valence-corrected chi connectivity index (χ3v) is 9.03. The van der Waals surface area contributed by atoms with Gasteiger partial charge in [0.05, 0.1) is 5.02 Å². The smallest absolute Gasteiger partial charge is 0.246 e. The van der Waals surface area contributed by atoms with E-state index in [0.717, 1.165) is 38.4 Å². The van der Waals surface area contributed by atoms with E-state index in [1.807, 2.05) is 78.8 Å². The van der Waals surface area contributed by atoms with E-state index >= 15 is 4.57 Å². The zero-order chi connectivity index (χ0) is 22.7. The molecule has 5 heteroatoms. The summed E-state index contributed by atoms with van der Waals surface area (Å²) in [5.74, 6) is 0.265. The molecule has 31 heavy (non-hydrogen) atoms. The van der Waals surface area contributed by atoms with E-state index in [9.17, 15) is 0 Å². The van der Waals surface area contributed by atoms with Crippen LogP contribution in [0.5, 0.6) is 11.5 Å². The summed E-state index contributed by atoms with van der Waals surface area (Å²) in [4.78, 5) is 0. The number of rotatable bonds is 3. The molecule has 0 N–H and O–H groups in total. The lowest BCUT2D eigenvalue weighted by Crippen LogP contribution is -2.30. The summed E-state index contributed by atoms with van der Waals surface area (Å²) < 4.78 is 27.2. The van der Waals surface area contributed by atoms with Crippen molar-refractivity contribution in [1.29, 1.82) is 0 Å². The SMILES string of the molecule is Cc1cc(C)cc(P(=O)(c2cc(C)cc(C)c2)c2cc(C)c3c(c2Cl)OC(C)(C)O3)c1. The number of aryl methyl sites for hydroxylation is 5. The number of hydrogen-bond donors (Lipinski definition) is 0. The highest BCUT2D eigenvalue weighted by molar-refractivity contribution is 7.85. The highest BCUT2D eigenvalue weighted by Crippen LogP contribution is 2.52. The Kier molecular flexibility index (Phi) is 5.27. The summed E-state index contributed by atoms with van der Waals surface area (Å²) in [5.41, 5.74) is 5.11. The maximum Gasteiger partial charge on any atom is 0.246 e. The Balaban J connectivity index is 2.09. The van der Waals surface area contributed by atoms with Gasteiger partial charge in [0.15, 0.2) is 18.6 Å². The fourth-order valence-electron chi connectivity index (χ4n) is 4.38. The lowest BCUT2D eigenvalue weighted by molar-refractivity contribution is -0.0433. The van der Waals surface area contributed by atoms with Crippen LogP contribution in [0.1, 0.15) is 41.7 Å². The second-order valence-corrected chi connectivity index (χ2v) is 12.2. The van der Waals surface area contributed by atoms with E-state index < -0.39 is 12.9 Å². The minimum absolute atomic E-state index is 0.354. The Hall–Kier alpha value is -2.22. The topological polar surface area (TPSA) is 35.5 Å². The Morgan fingerprint density at radius 1 is 0.710 bits per heavy atom. The first-order chi connectivity index (χ1) is 14.4.